The van der Waals surface area contributed by atoms with Crippen LogP contribution in [0.5, 0.6) is 11.5 Å². The van der Waals surface area contributed by atoms with Crippen LogP contribution in [-0.4, -0.2) is 32.6 Å². The van der Waals surface area contributed by atoms with Crippen LogP contribution in [-0.2, 0) is 4.79 Å². The SMILES string of the molecule is COc1cc(C(=O)NCC(N)c2ccc(C(C)C)cc2)cc(NC(C)=O)c1OC. The van der Waals surface area contributed by atoms with Crippen molar-refractivity contribution < 1.29 is 19.1 Å². The number of methoxy groups -OCH3 is 2. The molecule has 0 heterocycles. The Labute approximate surface area is 171 Å². The third kappa shape index (κ3) is 5.71. The van der Waals surface area contributed by atoms with Crippen LogP contribution in [0.2, 0.25) is 0 Å². The van der Waals surface area contributed by atoms with Crippen LogP contribution in [0.3, 0.4) is 0 Å². The number of carbonyl (C=O) groups excluding carboxylic acids is 2. The summed E-state index contributed by atoms with van der Waals surface area (Å²) < 4.78 is 10.6. The first-order chi connectivity index (χ1) is 13.8. The molecule has 0 spiro atoms. The second kappa shape index (κ2) is 9.93. The fourth-order valence-electron chi connectivity index (χ4n) is 2.93. The lowest BCUT2D eigenvalue weighted by molar-refractivity contribution is -0.114. The van der Waals surface area contributed by atoms with E-state index in [4.69, 9.17) is 15.2 Å². The molecule has 0 saturated heterocycles. The highest BCUT2D eigenvalue weighted by atomic mass is 16.5. The smallest absolute Gasteiger partial charge is 0.251 e. The van der Waals surface area contributed by atoms with E-state index in [2.05, 4.69) is 36.6 Å². The molecule has 7 nitrogen and oxygen atoms in total. The molecule has 156 valence electrons. The summed E-state index contributed by atoms with van der Waals surface area (Å²) in [6, 6.07) is 10.8. The van der Waals surface area contributed by atoms with E-state index in [1.165, 1.54) is 26.7 Å². The van der Waals surface area contributed by atoms with E-state index in [1.54, 1.807) is 12.1 Å². The number of ether oxygens (including phenoxy) is 2. The van der Waals surface area contributed by atoms with Gasteiger partial charge in [0.25, 0.3) is 5.91 Å². The molecule has 2 rings (SSSR count). The molecule has 0 saturated carbocycles. The average Bonchev–Trinajstić information content (AvgIpc) is 2.70. The highest BCUT2D eigenvalue weighted by Gasteiger charge is 2.18. The Balaban J connectivity index is 2.14. The van der Waals surface area contributed by atoms with Crippen molar-refractivity contribution in [1.29, 1.82) is 0 Å². The van der Waals surface area contributed by atoms with Crippen LogP contribution < -0.4 is 25.8 Å². The van der Waals surface area contributed by atoms with E-state index in [9.17, 15) is 9.59 Å². The van der Waals surface area contributed by atoms with Crippen LogP contribution in [0.1, 0.15) is 54.2 Å². The molecule has 0 aliphatic heterocycles. The molecule has 0 radical (unpaired) electrons. The Morgan fingerprint density at radius 1 is 1.03 bits per heavy atom. The molecular weight excluding hydrogens is 370 g/mol. The zero-order valence-corrected chi connectivity index (χ0v) is 17.5. The number of hydrogen-bond donors (Lipinski definition) is 3. The molecule has 1 atom stereocenters. The van der Waals surface area contributed by atoms with Gasteiger partial charge in [0, 0.05) is 25.1 Å². The highest BCUT2D eigenvalue weighted by molar-refractivity contribution is 5.99. The lowest BCUT2D eigenvalue weighted by atomic mass is 9.99. The van der Waals surface area contributed by atoms with Crippen molar-refractivity contribution in [3.05, 3.63) is 53.1 Å². The first-order valence-electron chi connectivity index (χ1n) is 9.44. The monoisotopic (exact) mass is 399 g/mol. The zero-order valence-electron chi connectivity index (χ0n) is 17.5. The molecule has 2 aromatic rings. The number of carbonyl (C=O) groups is 2. The summed E-state index contributed by atoms with van der Waals surface area (Å²) in [5, 5.41) is 5.48. The number of benzene rings is 2. The maximum Gasteiger partial charge on any atom is 0.251 e. The van der Waals surface area contributed by atoms with Crippen molar-refractivity contribution in [3.63, 3.8) is 0 Å². The Morgan fingerprint density at radius 2 is 1.66 bits per heavy atom. The normalized spacial score (nSPS) is 11.7. The van der Waals surface area contributed by atoms with Gasteiger partial charge in [0.15, 0.2) is 11.5 Å². The first kappa shape index (κ1) is 22.2. The molecule has 2 amide bonds. The predicted octanol–water partition coefficient (Wildman–Crippen LogP) is 3.22. The summed E-state index contributed by atoms with van der Waals surface area (Å²) in [7, 11) is 2.93. The summed E-state index contributed by atoms with van der Waals surface area (Å²) in [4.78, 5) is 24.1. The lowest BCUT2D eigenvalue weighted by Crippen LogP contribution is -2.32. The van der Waals surface area contributed by atoms with Gasteiger partial charge in [-0.15, -0.1) is 0 Å². The second-order valence-electron chi connectivity index (χ2n) is 7.08. The molecule has 7 heteroatoms. The van der Waals surface area contributed by atoms with Gasteiger partial charge < -0.3 is 25.8 Å². The van der Waals surface area contributed by atoms with Crippen LogP contribution in [0.15, 0.2) is 36.4 Å². The Bertz CT molecular complexity index is 863. The van der Waals surface area contributed by atoms with Gasteiger partial charge in [0.2, 0.25) is 5.91 Å². The lowest BCUT2D eigenvalue weighted by Gasteiger charge is -2.17. The van der Waals surface area contributed by atoms with Gasteiger partial charge in [0.1, 0.15) is 0 Å². The largest absolute Gasteiger partial charge is 0.493 e. The summed E-state index contributed by atoms with van der Waals surface area (Å²) in [6.07, 6.45) is 0. The van der Waals surface area contributed by atoms with Crippen molar-refractivity contribution in [2.75, 3.05) is 26.1 Å². The maximum absolute atomic E-state index is 12.7. The van der Waals surface area contributed by atoms with Crippen molar-refractivity contribution in [1.82, 2.24) is 5.32 Å². The second-order valence-corrected chi connectivity index (χ2v) is 7.08. The third-order valence-electron chi connectivity index (χ3n) is 4.57. The van der Waals surface area contributed by atoms with Gasteiger partial charge in [-0.1, -0.05) is 38.1 Å². The van der Waals surface area contributed by atoms with E-state index in [0.29, 0.717) is 28.7 Å². The Kier molecular flexibility index (Phi) is 7.61. The van der Waals surface area contributed by atoms with Gasteiger partial charge in [0.05, 0.1) is 19.9 Å². The molecule has 0 bridgehead atoms. The van der Waals surface area contributed by atoms with Gasteiger partial charge in [-0.25, -0.2) is 0 Å². The van der Waals surface area contributed by atoms with E-state index >= 15 is 0 Å². The molecule has 29 heavy (non-hydrogen) atoms. The first-order valence-corrected chi connectivity index (χ1v) is 9.44. The van der Waals surface area contributed by atoms with Crippen molar-refractivity contribution in [2.24, 2.45) is 5.73 Å². The summed E-state index contributed by atoms with van der Waals surface area (Å²) >= 11 is 0. The topological polar surface area (TPSA) is 103 Å². The molecule has 0 aliphatic carbocycles. The summed E-state index contributed by atoms with van der Waals surface area (Å²) in [6.45, 7) is 5.91. The summed E-state index contributed by atoms with van der Waals surface area (Å²) in [5.74, 6) is 0.531. The standard InChI is InChI=1S/C22H29N3O4/c1-13(2)15-6-8-16(9-7-15)18(23)12-24-22(27)17-10-19(25-14(3)26)21(29-5)20(11-17)28-4/h6-11,13,18H,12,23H2,1-5H3,(H,24,27)(H,25,26). The number of amides is 2. The van der Waals surface area contributed by atoms with Gasteiger partial charge in [-0.3, -0.25) is 9.59 Å². The average molecular weight is 399 g/mol. The quantitative estimate of drug-likeness (QED) is 0.632. The van der Waals surface area contributed by atoms with Crippen molar-refractivity contribution in [3.8, 4) is 11.5 Å². The minimum absolute atomic E-state index is 0.268. The fourth-order valence-corrected chi connectivity index (χ4v) is 2.93. The van der Waals surface area contributed by atoms with Crippen molar-refractivity contribution >= 4 is 17.5 Å². The number of anilines is 1. The van der Waals surface area contributed by atoms with Gasteiger partial charge in [-0.05, 0) is 29.2 Å². The number of hydrogen-bond acceptors (Lipinski definition) is 5. The van der Waals surface area contributed by atoms with E-state index < -0.39 is 0 Å². The Morgan fingerprint density at radius 3 is 2.17 bits per heavy atom. The van der Waals surface area contributed by atoms with Crippen LogP contribution in [0, 0.1) is 0 Å². The molecule has 0 fully saturated rings. The van der Waals surface area contributed by atoms with E-state index in [-0.39, 0.29) is 24.4 Å². The number of rotatable bonds is 8. The van der Waals surface area contributed by atoms with E-state index in [0.717, 1.165) is 5.56 Å². The molecule has 2 aromatic carbocycles. The zero-order chi connectivity index (χ0) is 21.6. The van der Waals surface area contributed by atoms with Crippen LogP contribution in [0.25, 0.3) is 0 Å². The highest BCUT2D eigenvalue weighted by Crippen LogP contribution is 2.36. The summed E-state index contributed by atoms with van der Waals surface area (Å²) in [5.41, 5.74) is 9.10. The number of nitrogens with one attached hydrogen (secondary N) is 2. The van der Waals surface area contributed by atoms with Crippen LogP contribution >= 0.6 is 0 Å². The minimum Gasteiger partial charge on any atom is -0.493 e. The fraction of sp³-hybridized carbons (Fsp3) is 0.364. The molecule has 0 aromatic heterocycles. The number of nitrogens with two attached hydrogens (primary N) is 1. The van der Waals surface area contributed by atoms with Crippen molar-refractivity contribution in [2.45, 2.75) is 32.7 Å². The van der Waals surface area contributed by atoms with Crippen LogP contribution in [0.4, 0.5) is 5.69 Å². The molecule has 4 N–H and O–H groups in total. The van der Waals surface area contributed by atoms with E-state index in [1.807, 2.05) is 12.1 Å². The predicted molar refractivity (Wildman–Crippen MR) is 114 cm³/mol. The van der Waals surface area contributed by atoms with Gasteiger partial charge >= 0.3 is 0 Å². The molecule has 1 unspecified atom stereocenters. The maximum atomic E-state index is 12.7. The Hall–Kier alpha value is -3.06. The molecular formula is C22H29N3O4. The third-order valence-corrected chi connectivity index (χ3v) is 4.57. The minimum atomic E-state index is -0.338. The molecule has 0 aliphatic rings. The van der Waals surface area contributed by atoms with Gasteiger partial charge in [-0.2, -0.15) is 0 Å².